The van der Waals surface area contributed by atoms with Crippen molar-refractivity contribution in [3.63, 3.8) is 0 Å². The molecule has 2 N–H and O–H groups in total. The first-order valence-electron chi connectivity index (χ1n) is 5.07. The van der Waals surface area contributed by atoms with Gasteiger partial charge in [0.25, 0.3) is 5.91 Å². The van der Waals surface area contributed by atoms with Crippen molar-refractivity contribution in [2.75, 3.05) is 0 Å². The molecule has 5 nitrogen and oxygen atoms in total. The molecule has 0 fully saturated rings. The van der Waals surface area contributed by atoms with E-state index in [4.69, 9.17) is 0 Å². The minimum Gasteiger partial charge on any atom is -0.368 e. The molecule has 2 heterocycles. The van der Waals surface area contributed by atoms with E-state index in [-0.39, 0.29) is 0 Å². The molecule has 17 heavy (non-hydrogen) atoms. The van der Waals surface area contributed by atoms with Gasteiger partial charge in [0.2, 0.25) is 0 Å². The summed E-state index contributed by atoms with van der Waals surface area (Å²) in [7, 11) is 0. The fraction of sp³-hybridized carbons (Fsp3) is 0.0833. The molecule has 0 bridgehead atoms. The van der Waals surface area contributed by atoms with Crippen molar-refractivity contribution in [2.24, 2.45) is 0 Å². The second kappa shape index (κ2) is 5.18. The molecule has 0 radical (unpaired) electrons. The smallest absolute Gasteiger partial charge is 0.255 e. The van der Waals surface area contributed by atoms with Crippen molar-refractivity contribution in [3.05, 3.63) is 60.2 Å². The molecule has 2 aromatic rings. The van der Waals surface area contributed by atoms with Gasteiger partial charge in [0, 0.05) is 18.6 Å². The van der Waals surface area contributed by atoms with E-state index >= 15 is 0 Å². The predicted molar refractivity (Wildman–Crippen MR) is 60.9 cm³/mol. The predicted octanol–water partition coefficient (Wildman–Crippen LogP) is 0.898. The highest BCUT2D eigenvalue weighted by molar-refractivity contribution is 5.93. The summed E-state index contributed by atoms with van der Waals surface area (Å²) < 4.78 is 0. The topological polar surface area (TPSA) is 75.1 Å². The van der Waals surface area contributed by atoms with Crippen LogP contribution in [0.15, 0.2) is 48.9 Å². The second-order valence-electron chi connectivity index (χ2n) is 3.37. The first-order valence-corrected chi connectivity index (χ1v) is 5.07. The number of carbonyl (C=O) groups is 1. The minimum absolute atomic E-state index is 0.391. The Hall–Kier alpha value is -2.27. The van der Waals surface area contributed by atoms with Gasteiger partial charge in [-0.2, -0.15) is 0 Å². The van der Waals surface area contributed by atoms with E-state index in [1.54, 1.807) is 42.7 Å². The third-order valence-electron chi connectivity index (χ3n) is 2.16. The van der Waals surface area contributed by atoms with Gasteiger partial charge in [0.1, 0.15) is 0 Å². The summed E-state index contributed by atoms with van der Waals surface area (Å²) >= 11 is 0. The molecular weight excluding hydrogens is 218 g/mol. The van der Waals surface area contributed by atoms with E-state index in [0.29, 0.717) is 11.3 Å². The van der Waals surface area contributed by atoms with E-state index in [2.05, 4.69) is 15.3 Å². The van der Waals surface area contributed by atoms with E-state index in [0.717, 1.165) is 0 Å². The molecule has 0 saturated heterocycles. The highest BCUT2D eigenvalue weighted by Crippen LogP contribution is 2.06. The maximum absolute atomic E-state index is 11.7. The zero-order valence-electron chi connectivity index (χ0n) is 8.95. The summed E-state index contributed by atoms with van der Waals surface area (Å²) in [5, 5.41) is 12.2. The van der Waals surface area contributed by atoms with Crippen LogP contribution in [0.4, 0.5) is 0 Å². The number of aromatic nitrogens is 2. The van der Waals surface area contributed by atoms with Crippen LogP contribution in [-0.4, -0.2) is 21.0 Å². The van der Waals surface area contributed by atoms with Gasteiger partial charge in [-0.1, -0.05) is 6.07 Å². The quantitative estimate of drug-likeness (QED) is 0.767. The molecule has 1 unspecified atom stereocenters. The van der Waals surface area contributed by atoms with Crippen LogP contribution in [0.3, 0.4) is 0 Å². The van der Waals surface area contributed by atoms with Crippen LogP contribution in [0.1, 0.15) is 22.3 Å². The standard InChI is InChI=1S/C12H11N3O2/c16-11(9-4-3-6-13-8-9)15-12(17)10-5-1-2-7-14-10/h1-8,12,17H,(H,15,16). The molecule has 0 aliphatic rings. The van der Waals surface area contributed by atoms with Gasteiger partial charge in [0.05, 0.1) is 11.3 Å². The number of hydrogen-bond donors (Lipinski definition) is 2. The Labute approximate surface area is 98.2 Å². The van der Waals surface area contributed by atoms with Crippen LogP contribution >= 0.6 is 0 Å². The van der Waals surface area contributed by atoms with Crippen molar-refractivity contribution in [1.82, 2.24) is 15.3 Å². The molecule has 5 heteroatoms. The highest BCUT2D eigenvalue weighted by atomic mass is 16.3. The van der Waals surface area contributed by atoms with Gasteiger partial charge in [0.15, 0.2) is 6.23 Å². The number of rotatable bonds is 3. The average Bonchev–Trinajstić information content (AvgIpc) is 2.40. The first-order chi connectivity index (χ1) is 8.27. The van der Waals surface area contributed by atoms with E-state index in [9.17, 15) is 9.90 Å². The number of amides is 1. The highest BCUT2D eigenvalue weighted by Gasteiger charge is 2.13. The van der Waals surface area contributed by atoms with E-state index < -0.39 is 12.1 Å². The number of pyridine rings is 2. The summed E-state index contributed by atoms with van der Waals surface area (Å²) in [5.74, 6) is -0.392. The fourth-order valence-corrected chi connectivity index (χ4v) is 1.32. The number of aliphatic hydroxyl groups is 1. The van der Waals surface area contributed by atoms with Gasteiger partial charge in [-0.15, -0.1) is 0 Å². The number of nitrogens with one attached hydrogen (secondary N) is 1. The molecule has 0 saturated carbocycles. The van der Waals surface area contributed by atoms with Crippen LogP contribution in [0, 0.1) is 0 Å². The number of nitrogens with zero attached hydrogens (tertiary/aromatic N) is 2. The maximum Gasteiger partial charge on any atom is 0.255 e. The van der Waals surface area contributed by atoms with Gasteiger partial charge in [-0.25, -0.2) is 0 Å². The zero-order valence-corrected chi connectivity index (χ0v) is 8.95. The molecule has 0 aliphatic carbocycles. The molecule has 2 aromatic heterocycles. The van der Waals surface area contributed by atoms with Crippen molar-refractivity contribution in [3.8, 4) is 0 Å². The Morgan fingerprint density at radius 2 is 2.12 bits per heavy atom. The van der Waals surface area contributed by atoms with E-state index in [1.807, 2.05) is 0 Å². The molecular formula is C12H11N3O2. The third-order valence-corrected chi connectivity index (χ3v) is 2.16. The number of aliphatic hydroxyl groups excluding tert-OH is 1. The van der Waals surface area contributed by atoms with Crippen molar-refractivity contribution in [1.29, 1.82) is 0 Å². The Bertz CT molecular complexity index is 488. The van der Waals surface area contributed by atoms with Crippen molar-refractivity contribution in [2.45, 2.75) is 6.23 Å². The van der Waals surface area contributed by atoms with Crippen LogP contribution in [0.2, 0.25) is 0 Å². The lowest BCUT2D eigenvalue weighted by molar-refractivity contribution is 0.0774. The summed E-state index contributed by atoms with van der Waals surface area (Å²) in [6.45, 7) is 0. The first kappa shape index (κ1) is 11.2. The molecule has 0 spiro atoms. The Morgan fingerprint density at radius 1 is 1.24 bits per heavy atom. The van der Waals surface area contributed by atoms with Crippen LogP contribution in [-0.2, 0) is 0 Å². The fourth-order valence-electron chi connectivity index (χ4n) is 1.32. The molecule has 1 amide bonds. The number of carbonyl (C=O) groups excluding carboxylic acids is 1. The SMILES string of the molecule is O=C(NC(O)c1ccccn1)c1cccnc1. The van der Waals surface area contributed by atoms with Crippen molar-refractivity contribution >= 4 is 5.91 Å². The van der Waals surface area contributed by atoms with Crippen LogP contribution in [0.5, 0.6) is 0 Å². The van der Waals surface area contributed by atoms with Gasteiger partial charge in [-0.3, -0.25) is 14.8 Å². The largest absolute Gasteiger partial charge is 0.368 e. The average molecular weight is 229 g/mol. The third kappa shape index (κ3) is 2.85. The number of hydrogen-bond acceptors (Lipinski definition) is 4. The molecule has 1 atom stereocenters. The minimum atomic E-state index is -1.12. The Morgan fingerprint density at radius 3 is 2.76 bits per heavy atom. The van der Waals surface area contributed by atoms with E-state index in [1.165, 1.54) is 6.20 Å². The molecule has 0 aromatic carbocycles. The summed E-state index contributed by atoms with van der Waals surface area (Å²) in [6.07, 6.45) is 3.44. The van der Waals surface area contributed by atoms with Crippen LogP contribution in [0.25, 0.3) is 0 Å². The maximum atomic E-state index is 11.7. The summed E-state index contributed by atoms with van der Waals surface area (Å²) in [4.78, 5) is 19.5. The monoisotopic (exact) mass is 229 g/mol. The Balaban J connectivity index is 2.05. The lowest BCUT2D eigenvalue weighted by Gasteiger charge is -2.11. The van der Waals surface area contributed by atoms with Gasteiger partial charge >= 0.3 is 0 Å². The molecule has 2 rings (SSSR count). The molecule has 86 valence electrons. The molecule has 0 aliphatic heterocycles. The normalized spacial score (nSPS) is 11.8. The lowest BCUT2D eigenvalue weighted by Crippen LogP contribution is -2.28. The van der Waals surface area contributed by atoms with Crippen molar-refractivity contribution < 1.29 is 9.90 Å². The Kier molecular flexibility index (Phi) is 3.42. The lowest BCUT2D eigenvalue weighted by atomic mass is 10.2. The van der Waals surface area contributed by atoms with Crippen LogP contribution < -0.4 is 5.32 Å². The summed E-state index contributed by atoms with van der Waals surface area (Å²) in [6, 6.07) is 8.38. The summed E-state index contributed by atoms with van der Waals surface area (Å²) in [5.41, 5.74) is 0.784. The van der Waals surface area contributed by atoms with Gasteiger partial charge < -0.3 is 10.4 Å². The zero-order chi connectivity index (χ0) is 12.1. The van der Waals surface area contributed by atoms with Gasteiger partial charge in [-0.05, 0) is 24.3 Å². The second-order valence-corrected chi connectivity index (χ2v) is 3.37.